The molecule has 0 aliphatic carbocycles. The number of carbonyl (C=O) groups is 1. The van der Waals surface area contributed by atoms with E-state index in [0.717, 1.165) is 22.3 Å². The van der Waals surface area contributed by atoms with Crippen molar-refractivity contribution in [1.82, 2.24) is 0 Å². The zero-order chi connectivity index (χ0) is 29.7. The van der Waals surface area contributed by atoms with Gasteiger partial charge < -0.3 is 28.8 Å². The van der Waals surface area contributed by atoms with Gasteiger partial charge in [-0.2, -0.15) is 0 Å². The molecule has 5 rings (SSSR count). The van der Waals surface area contributed by atoms with Gasteiger partial charge in [0.05, 0.1) is 45.6 Å². The van der Waals surface area contributed by atoms with Crippen LogP contribution in [0.3, 0.4) is 0 Å². The maximum Gasteiger partial charge on any atom is 0.306 e. The molecular weight excluding hydrogens is 544 g/mol. The topological polar surface area (TPSA) is 83.5 Å². The highest BCUT2D eigenvalue weighted by Gasteiger charge is 2.49. The molecule has 43 heavy (non-hydrogen) atoms. The van der Waals surface area contributed by atoms with Crippen LogP contribution in [0.15, 0.2) is 121 Å². The Morgan fingerprint density at radius 2 is 0.907 bits per heavy atom. The van der Waals surface area contributed by atoms with E-state index in [-0.39, 0.29) is 19.6 Å². The lowest BCUT2D eigenvalue weighted by Crippen LogP contribution is -2.61. The molecule has 0 spiro atoms. The van der Waals surface area contributed by atoms with Crippen LogP contribution in [0.1, 0.15) is 28.7 Å². The number of benzene rings is 4. The summed E-state index contributed by atoms with van der Waals surface area (Å²) in [6, 6.07) is 39.4. The summed E-state index contributed by atoms with van der Waals surface area (Å²) in [6.45, 7) is 1.49. The van der Waals surface area contributed by atoms with Gasteiger partial charge in [-0.3, -0.25) is 4.79 Å². The molecule has 1 heterocycles. The molecule has 7 heteroatoms. The Morgan fingerprint density at radius 1 is 0.535 bits per heavy atom. The molecule has 0 bridgehead atoms. The van der Waals surface area contributed by atoms with E-state index in [1.807, 2.05) is 121 Å². The van der Waals surface area contributed by atoms with Crippen LogP contribution in [0.2, 0.25) is 0 Å². The van der Waals surface area contributed by atoms with E-state index in [0.29, 0.717) is 19.8 Å². The molecule has 5 unspecified atom stereocenters. The van der Waals surface area contributed by atoms with Gasteiger partial charge in [0.25, 0.3) is 0 Å². The fourth-order valence-electron chi connectivity index (χ4n) is 5.22. The van der Waals surface area contributed by atoms with Gasteiger partial charge in [-0.25, -0.2) is 0 Å². The smallest absolute Gasteiger partial charge is 0.306 e. The summed E-state index contributed by atoms with van der Waals surface area (Å²) in [7, 11) is 0. The van der Waals surface area contributed by atoms with Gasteiger partial charge in [0.2, 0.25) is 0 Å². The van der Waals surface area contributed by atoms with Crippen LogP contribution in [0.4, 0.5) is 0 Å². The highest BCUT2D eigenvalue weighted by molar-refractivity contribution is 5.67. The van der Waals surface area contributed by atoms with E-state index >= 15 is 0 Å². The lowest BCUT2D eigenvalue weighted by atomic mass is 9.92. The Hall–Kier alpha value is -3.85. The van der Waals surface area contributed by atoms with Crippen molar-refractivity contribution >= 4 is 5.97 Å². The van der Waals surface area contributed by atoms with E-state index in [1.165, 1.54) is 0 Å². The molecule has 1 aliphatic heterocycles. The van der Waals surface area contributed by atoms with E-state index < -0.39 is 36.5 Å². The quantitative estimate of drug-likeness (QED) is 0.179. The highest BCUT2D eigenvalue weighted by atomic mass is 16.6. The van der Waals surface area contributed by atoms with Gasteiger partial charge in [0.1, 0.15) is 24.4 Å². The molecule has 7 nitrogen and oxygen atoms in total. The molecule has 0 amide bonds. The van der Waals surface area contributed by atoms with Crippen molar-refractivity contribution in [2.24, 2.45) is 0 Å². The number of hydrogen-bond donors (Lipinski definition) is 1. The third kappa shape index (κ3) is 9.32. The maximum atomic E-state index is 12.0. The van der Waals surface area contributed by atoms with Gasteiger partial charge >= 0.3 is 5.97 Å². The molecule has 0 saturated carbocycles. The van der Waals surface area contributed by atoms with Gasteiger partial charge in [-0.15, -0.1) is 0 Å². The fourth-order valence-corrected chi connectivity index (χ4v) is 5.22. The Balaban J connectivity index is 1.42. The van der Waals surface area contributed by atoms with Gasteiger partial charge in [-0.1, -0.05) is 121 Å². The predicted molar refractivity (Wildman–Crippen MR) is 162 cm³/mol. The number of hydrogen-bond acceptors (Lipinski definition) is 6. The second kappa shape index (κ2) is 16.1. The molecule has 224 valence electrons. The highest BCUT2D eigenvalue weighted by Crippen LogP contribution is 2.32. The molecule has 1 fully saturated rings. The minimum absolute atomic E-state index is 0.196. The number of ether oxygens (including phenoxy) is 5. The minimum Gasteiger partial charge on any atom is -0.481 e. The number of carboxylic acid groups (broad SMARTS) is 1. The SMILES string of the molecule is O=C(O)CC1OC(COCc2ccccc2)C(OCc2ccccc2)C(OCc2ccccc2)C1OCc1ccccc1. The van der Waals surface area contributed by atoms with Crippen LogP contribution in [0.25, 0.3) is 0 Å². The lowest BCUT2D eigenvalue weighted by molar-refractivity contribution is -0.273. The van der Waals surface area contributed by atoms with Crippen molar-refractivity contribution in [2.75, 3.05) is 6.61 Å². The van der Waals surface area contributed by atoms with Crippen molar-refractivity contribution in [3.8, 4) is 0 Å². The first kappa shape index (κ1) is 30.6. The van der Waals surface area contributed by atoms with Crippen molar-refractivity contribution in [2.45, 2.75) is 63.4 Å². The van der Waals surface area contributed by atoms with Crippen LogP contribution >= 0.6 is 0 Å². The summed E-state index contributed by atoms with van der Waals surface area (Å²) in [6.07, 6.45) is -3.53. The largest absolute Gasteiger partial charge is 0.481 e. The van der Waals surface area contributed by atoms with E-state index in [1.54, 1.807) is 0 Å². The summed E-state index contributed by atoms with van der Waals surface area (Å²) in [4.78, 5) is 12.0. The Labute approximate surface area is 252 Å². The van der Waals surface area contributed by atoms with Crippen LogP contribution in [-0.2, 0) is 54.9 Å². The molecule has 0 aromatic heterocycles. The summed E-state index contributed by atoms with van der Waals surface area (Å²) in [5.41, 5.74) is 3.99. The lowest BCUT2D eigenvalue weighted by Gasteiger charge is -2.46. The Morgan fingerprint density at radius 3 is 1.33 bits per heavy atom. The normalized spacial score (nSPS) is 21.8. The van der Waals surface area contributed by atoms with Crippen LogP contribution < -0.4 is 0 Å². The average Bonchev–Trinajstić information content (AvgIpc) is 3.04. The monoisotopic (exact) mass is 582 g/mol. The first-order valence-electron chi connectivity index (χ1n) is 14.6. The molecule has 4 aromatic rings. The Kier molecular flexibility index (Phi) is 11.5. The number of rotatable bonds is 15. The second-order valence-corrected chi connectivity index (χ2v) is 10.6. The van der Waals surface area contributed by atoms with E-state index in [9.17, 15) is 9.90 Å². The first-order valence-corrected chi connectivity index (χ1v) is 14.6. The van der Waals surface area contributed by atoms with Gasteiger partial charge in [0, 0.05) is 0 Å². The fraction of sp³-hybridized carbons (Fsp3) is 0.306. The zero-order valence-corrected chi connectivity index (χ0v) is 24.1. The summed E-state index contributed by atoms with van der Waals surface area (Å²) >= 11 is 0. The molecule has 1 N–H and O–H groups in total. The van der Waals surface area contributed by atoms with Crippen molar-refractivity contribution in [1.29, 1.82) is 0 Å². The van der Waals surface area contributed by atoms with E-state index in [2.05, 4.69) is 0 Å². The molecule has 0 radical (unpaired) electrons. The summed E-state index contributed by atoms with van der Waals surface area (Å²) in [5.74, 6) is -0.979. The third-order valence-electron chi connectivity index (χ3n) is 7.36. The summed E-state index contributed by atoms with van der Waals surface area (Å²) in [5, 5.41) is 9.85. The molecule has 4 aromatic carbocycles. The number of aliphatic carboxylic acids is 1. The third-order valence-corrected chi connectivity index (χ3v) is 7.36. The molecule has 1 aliphatic rings. The average molecular weight is 583 g/mol. The molecule has 5 atom stereocenters. The van der Waals surface area contributed by atoms with Gasteiger partial charge in [-0.05, 0) is 22.3 Å². The van der Waals surface area contributed by atoms with Crippen LogP contribution in [-0.4, -0.2) is 48.2 Å². The predicted octanol–water partition coefficient (Wildman–Crippen LogP) is 6.20. The Bertz CT molecular complexity index is 1350. The van der Waals surface area contributed by atoms with Gasteiger partial charge in [0.15, 0.2) is 0 Å². The van der Waals surface area contributed by atoms with Crippen molar-refractivity contribution in [3.63, 3.8) is 0 Å². The van der Waals surface area contributed by atoms with Crippen LogP contribution in [0.5, 0.6) is 0 Å². The number of carboxylic acids is 1. The van der Waals surface area contributed by atoms with E-state index in [4.69, 9.17) is 23.7 Å². The minimum atomic E-state index is -0.979. The molecular formula is C36H38O7. The summed E-state index contributed by atoms with van der Waals surface area (Å²) < 4.78 is 32.2. The first-order chi connectivity index (χ1) is 21.2. The van der Waals surface area contributed by atoms with Crippen molar-refractivity contribution < 1.29 is 33.6 Å². The zero-order valence-electron chi connectivity index (χ0n) is 24.1. The second-order valence-electron chi connectivity index (χ2n) is 10.6. The van der Waals surface area contributed by atoms with Crippen molar-refractivity contribution in [3.05, 3.63) is 144 Å². The standard InChI is InChI=1S/C36H38O7/c37-33(38)21-31-34(40-23-28-15-7-2-8-16-28)36(42-25-30-19-11-4-12-20-30)35(41-24-29-17-9-3-10-18-29)32(43-31)26-39-22-27-13-5-1-6-14-27/h1-20,31-32,34-36H,21-26H2,(H,37,38). The maximum absolute atomic E-state index is 12.0. The molecule has 1 saturated heterocycles. The van der Waals surface area contributed by atoms with Crippen LogP contribution in [0, 0.1) is 0 Å².